The minimum Gasteiger partial charge on any atom is -0.414 e. The van der Waals surface area contributed by atoms with Crippen LogP contribution in [0.15, 0.2) is 0 Å². The Bertz CT molecular complexity index is 427. The topological polar surface area (TPSA) is 52.6 Å². The Morgan fingerprint density at radius 1 is 0.958 bits per heavy atom. The molecule has 0 rings (SSSR count). The average molecular weight is 381 g/mol. The summed E-state index contributed by atoms with van der Waals surface area (Å²) in [5.74, 6) is 0. The fraction of sp³-hybridized carbons (Fsp3) is 1.00. The van der Waals surface area contributed by atoms with Crippen molar-refractivity contribution in [3.8, 4) is 0 Å². The van der Waals surface area contributed by atoms with Gasteiger partial charge in [-0.2, -0.15) is 8.42 Å². The van der Waals surface area contributed by atoms with Gasteiger partial charge in [0.15, 0.2) is 8.32 Å². The molecule has 0 aromatic carbocycles. The third-order valence-electron chi connectivity index (χ3n) is 4.88. The number of unbranched alkanes of at least 4 members (excludes halogenated alkanes) is 6. The molecular weight excluding hydrogens is 340 g/mol. The molecule has 1 atom stereocenters. The van der Waals surface area contributed by atoms with E-state index in [1.807, 2.05) is 0 Å². The van der Waals surface area contributed by atoms with Crippen LogP contribution in [0.5, 0.6) is 0 Å². The highest BCUT2D eigenvalue weighted by atomic mass is 32.2. The lowest BCUT2D eigenvalue weighted by atomic mass is 10.1. The lowest BCUT2D eigenvalue weighted by Crippen LogP contribution is -2.43. The van der Waals surface area contributed by atoms with E-state index >= 15 is 0 Å². The molecule has 0 aromatic rings. The van der Waals surface area contributed by atoms with Crippen LogP contribution >= 0.6 is 0 Å². The number of hydrogen-bond acceptors (Lipinski definition) is 4. The van der Waals surface area contributed by atoms with Crippen molar-refractivity contribution in [1.29, 1.82) is 0 Å². The van der Waals surface area contributed by atoms with Crippen molar-refractivity contribution in [1.82, 2.24) is 0 Å². The molecule has 0 heterocycles. The van der Waals surface area contributed by atoms with E-state index in [9.17, 15) is 8.42 Å². The summed E-state index contributed by atoms with van der Waals surface area (Å²) >= 11 is 0. The Morgan fingerprint density at radius 3 is 1.92 bits per heavy atom. The molecule has 146 valence electrons. The summed E-state index contributed by atoms with van der Waals surface area (Å²) in [6, 6.07) is 0. The molecule has 0 radical (unpaired) electrons. The predicted octanol–water partition coefficient (Wildman–Crippen LogP) is 5.49. The molecule has 0 aliphatic rings. The lowest BCUT2D eigenvalue weighted by Gasteiger charge is -2.37. The fourth-order valence-corrected chi connectivity index (χ4v) is 3.94. The smallest absolute Gasteiger partial charge is 0.264 e. The second-order valence-corrected chi connectivity index (χ2v) is 14.8. The summed E-state index contributed by atoms with van der Waals surface area (Å²) in [4.78, 5) is 0. The quantitative estimate of drug-likeness (QED) is 0.241. The largest absolute Gasteiger partial charge is 0.414 e. The molecule has 0 aliphatic carbocycles. The Balaban J connectivity index is 4.35. The van der Waals surface area contributed by atoms with Crippen molar-refractivity contribution >= 4 is 18.4 Å². The van der Waals surface area contributed by atoms with Crippen molar-refractivity contribution in [2.45, 2.75) is 103 Å². The summed E-state index contributed by atoms with van der Waals surface area (Å²) in [6.45, 7) is 13.5. The van der Waals surface area contributed by atoms with Gasteiger partial charge in [-0.15, -0.1) is 0 Å². The molecule has 0 spiro atoms. The maximum Gasteiger partial charge on any atom is 0.264 e. The van der Waals surface area contributed by atoms with Gasteiger partial charge in [0.25, 0.3) is 10.1 Å². The van der Waals surface area contributed by atoms with E-state index < -0.39 is 18.4 Å². The van der Waals surface area contributed by atoms with E-state index in [1.54, 1.807) is 0 Å². The SMILES string of the molecule is CCCCCCCCC[C@H](CO[Si](C)(C)C(C)(C)C)OS(C)(=O)=O. The summed E-state index contributed by atoms with van der Waals surface area (Å²) in [7, 11) is -5.33. The van der Waals surface area contributed by atoms with Gasteiger partial charge < -0.3 is 4.43 Å². The molecule has 6 heteroatoms. The van der Waals surface area contributed by atoms with E-state index in [2.05, 4.69) is 40.8 Å². The first-order valence-corrected chi connectivity index (χ1v) is 14.1. The molecule has 0 aromatic heterocycles. The minimum absolute atomic E-state index is 0.113. The molecule has 0 saturated carbocycles. The first-order chi connectivity index (χ1) is 10.9. The minimum atomic E-state index is -3.45. The highest BCUT2D eigenvalue weighted by Crippen LogP contribution is 2.36. The summed E-state index contributed by atoms with van der Waals surface area (Å²) in [6.07, 6.45) is 9.99. The molecule has 0 amide bonds. The van der Waals surface area contributed by atoms with E-state index in [1.165, 1.54) is 32.1 Å². The van der Waals surface area contributed by atoms with Crippen LogP contribution in [-0.4, -0.2) is 35.7 Å². The van der Waals surface area contributed by atoms with Crippen LogP contribution in [0, 0.1) is 0 Å². The highest BCUT2D eigenvalue weighted by Gasteiger charge is 2.37. The maximum absolute atomic E-state index is 11.5. The van der Waals surface area contributed by atoms with Crippen molar-refractivity contribution in [2.75, 3.05) is 12.9 Å². The Hall–Kier alpha value is 0.0869. The second-order valence-electron chi connectivity index (χ2n) is 8.40. The third kappa shape index (κ3) is 11.6. The Morgan fingerprint density at radius 2 is 1.46 bits per heavy atom. The third-order valence-corrected chi connectivity index (χ3v) is 10.00. The molecule has 0 fully saturated rings. The molecular formula is C18H40O4SSi. The van der Waals surface area contributed by atoms with Gasteiger partial charge in [-0.25, -0.2) is 0 Å². The molecule has 0 N–H and O–H groups in total. The molecule has 0 saturated heterocycles. The summed E-state index contributed by atoms with van der Waals surface area (Å²) in [5, 5.41) is 0.113. The van der Waals surface area contributed by atoms with E-state index in [0.29, 0.717) is 6.61 Å². The Labute approximate surface area is 152 Å². The standard InChI is InChI=1S/C18H40O4SSi/c1-8-9-10-11-12-13-14-15-17(22-23(5,19)20)16-21-24(6,7)18(2,3)4/h17H,8-16H2,1-7H3/t17-/m1/s1. The van der Waals surface area contributed by atoms with Crippen LogP contribution in [0.25, 0.3) is 0 Å². The zero-order chi connectivity index (χ0) is 18.9. The van der Waals surface area contributed by atoms with E-state index in [4.69, 9.17) is 8.61 Å². The van der Waals surface area contributed by atoms with Gasteiger partial charge >= 0.3 is 0 Å². The molecule has 0 unspecified atom stereocenters. The molecule has 0 aliphatic heterocycles. The fourth-order valence-electron chi connectivity index (χ4n) is 2.25. The van der Waals surface area contributed by atoms with Gasteiger partial charge in [0.05, 0.1) is 19.0 Å². The van der Waals surface area contributed by atoms with Crippen LogP contribution < -0.4 is 0 Å². The van der Waals surface area contributed by atoms with Gasteiger partial charge in [-0.1, -0.05) is 72.6 Å². The van der Waals surface area contributed by atoms with Crippen LogP contribution in [-0.2, 0) is 18.7 Å². The van der Waals surface area contributed by atoms with Gasteiger partial charge in [-0.05, 0) is 24.6 Å². The molecule has 24 heavy (non-hydrogen) atoms. The normalized spacial score (nSPS) is 14.8. The van der Waals surface area contributed by atoms with Gasteiger partial charge in [-0.3, -0.25) is 4.18 Å². The Kier molecular flexibility index (Phi) is 11.0. The van der Waals surface area contributed by atoms with Crippen LogP contribution in [0.4, 0.5) is 0 Å². The maximum atomic E-state index is 11.5. The number of hydrogen-bond donors (Lipinski definition) is 0. The number of rotatable bonds is 13. The van der Waals surface area contributed by atoms with E-state index in [-0.39, 0.29) is 11.1 Å². The zero-order valence-electron chi connectivity index (χ0n) is 17.0. The molecule has 0 bridgehead atoms. The van der Waals surface area contributed by atoms with Gasteiger partial charge in [0.2, 0.25) is 0 Å². The van der Waals surface area contributed by atoms with Gasteiger partial charge in [0.1, 0.15) is 0 Å². The van der Waals surface area contributed by atoms with Gasteiger partial charge in [0, 0.05) is 0 Å². The van der Waals surface area contributed by atoms with Crippen molar-refractivity contribution in [3.05, 3.63) is 0 Å². The van der Waals surface area contributed by atoms with Crippen LogP contribution in [0.2, 0.25) is 18.1 Å². The first kappa shape index (κ1) is 24.1. The summed E-state index contributed by atoms with van der Waals surface area (Å²) < 4.78 is 34.4. The monoisotopic (exact) mass is 380 g/mol. The average Bonchev–Trinajstić information content (AvgIpc) is 2.41. The van der Waals surface area contributed by atoms with Crippen LogP contribution in [0.3, 0.4) is 0 Å². The van der Waals surface area contributed by atoms with E-state index in [0.717, 1.165) is 25.5 Å². The van der Waals surface area contributed by atoms with Crippen molar-refractivity contribution in [2.24, 2.45) is 0 Å². The molecule has 4 nitrogen and oxygen atoms in total. The van der Waals surface area contributed by atoms with Crippen molar-refractivity contribution in [3.63, 3.8) is 0 Å². The van der Waals surface area contributed by atoms with Crippen molar-refractivity contribution < 1.29 is 17.0 Å². The first-order valence-electron chi connectivity index (χ1n) is 9.41. The summed E-state index contributed by atoms with van der Waals surface area (Å²) in [5.41, 5.74) is 0. The zero-order valence-corrected chi connectivity index (χ0v) is 18.8. The lowest BCUT2D eigenvalue weighted by molar-refractivity contribution is 0.117. The predicted molar refractivity (Wildman–Crippen MR) is 105 cm³/mol. The van der Waals surface area contributed by atoms with Crippen LogP contribution in [0.1, 0.15) is 79.1 Å². The second kappa shape index (κ2) is 10.9. The highest BCUT2D eigenvalue weighted by molar-refractivity contribution is 7.86.